The Hall–Kier alpha value is -2.73. The average molecular weight is 435 g/mol. The molecule has 2 aromatic carbocycles. The first kappa shape index (κ1) is 20.2. The highest BCUT2D eigenvalue weighted by atomic mass is 32.2. The fourth-order valence-electron chi connectivity index (χ4n) is 4.50. The van der Waals surface area contributed by atoms with Crippen LogP contribution in [0.25, 0.3) is 0 Å². The van der Waals surface area contributed by atoms with Crippen molar-refractivity contribution in [2.24, 2.45) is 5.92 Å². The van der Waals surface area contributed by atoms with E-state index in [1.54, 1.807) is 0 Å². The minimum absolute atomic E-state index is 0.0651. The Morgan fingerprint density at radius 2 is 1.71 bits per heavy atom. The molecule has 1 aliphatic carbocycles. The summed E-state index contributed by atoms with van der Waals surface area (Å²) < 4.78 is 14.6. The Labute approximate surface area is 186 Å². The Kier molecular flexibility index (Phi) is 5.98. The van der Waals surface area contributed by atoms with Crippen molar-refractivity contribution in [1.29, 1.82) is 0 Å². The van der Waals surface area contributed by atoms with Gasteiger partial charge in [-0.15, -0.1) is 0 Å². The summed E-state index contributed by atoms with van der Waals surface area (Å²) >= 11 is 1.44. The molecule has 0 N–H and O–H groups in total. The molecule has 2 heterocycles. The first-order valence-corrected chi connectivity index (χ1v) is 11.8. The van der Waals surface area contributed by atoms with Gasteiger partial charge in [-0.3, -0.25) is 9.36 Å². The largest absolute Gasteiger partial charge is 0.486 e. The summed E-state index contributed by atoms with van der Waals surface area (Å²) in [4.78, 5) is 18.5. The van der Waals surface area contributed by atoms with Crippen molar-refractivity contribution < 1.29 is 9.47 Å². The first-order chi connectivity index (χ1) is 15.3. The van der Waals surface area contributed by atoms with Crippen molar-refractivity contribution in [2.45, 2.75) is 60.6 Å². The highest BCUT2D eigenvalue weighted by Crippen LogP contribution is 2.35. The lowest BCUT2D eigenvalue weighted by atomic mass is 9.83. The zero-order valence-corrected chi connectivity index (χ0v) is 18.2. The van der Waals surface area contributed by atoms with E-state index in [1.165, 1.54) is 31.0 Å². The lowest BCUT2D eigenvalue weighted by Gasteiger charge is -2.33. The molecule has 1 aromatic heterocycles. The molecule has 0 bridgehead atoms. The number of ether oxygens (including phenoxy) is 2. The van der Waals surface area contributed by atoms with Crippen LogP contribution in [0.4, 0.5) is 0 Å². The zero-order valence-electron chi connectivity index (χ0n) is 17.4. The molecule has 2 atom stereocenters. The minimum atomic E-state index is -0.251. The van der Waals surface area contributed by atoms with Crippen LogP contribution in [-0.4, -0.2) is 21.8 Å². The van der Waals surface area contributed by atoms with Crippen molar-refractivity contribution in [2.75, 3.05) is 0 Å². The van der Waals surface area contributed by atoms with Gasteiger partial charge in [0.2, 0.25) is 0 Å². The molecule has 31 heavy (non-hydrogen) atoms. The van der Waals surface area contributed by atoms with E-state index in [1.807, 2.05) is 71.4 Å². The maximum Gasteiger partial charge on any atom is 0.300 e. The van der Waals surface area contributed by atoms with Crippen molar-refractivity contribution >= 4 is 11.8 Å². The first-order valence-electron chi connectivity index (χ1n) is 11.0. The molecule has 3 aromatic rings. The second kappa shape index (κ2) is 9.18. The number of aromatic nitrogens is 2. The zero-order chi connectivity index (χ0) is 21.0. The molecule has 0 spiro atoms. The van der Waals surface area contributed by atoms with Gasteiger partial charge in [0.1, 0.15) is 11.9 Å². The summed E-state index contributed by atoms with van der Waals surface area (Å²) in [6.45, 7) is 0.638. The van der Waals surface area contributed by atoms with Crippen LogP contribution in [0.1, 0.15) is 32.1 Å². The predicted octanol–water partition coefficient (Wildman–Crippen LogP) is 5.18. The van der Waals surface area contributed by atoms with Crippen molar-refractivity contribution in [3.05, 3.63) is 77.2 Å². The number of nitrogens with zero attached hydrogens (tertiary/aromatic N) is 2. The van der Waals surface area contributed by atoms with Gasteiger partial charge in [0, 0.05) is 11.1 Å². The maximum atomic E-state index is 12.6. The molecule has 0 amide bonds. The number of hydrogen-bond donors (Lipinski definition) is 0. The van der Waals surface area contributed by atoms with Gasteiger partial charge in [-0.2, -0.15) is 4.98 Å². The van der Waals surface area contributed by atoms with Gasteiger partial charge in [-0.1, -0.05) is 67.4 Å². The van der Waals surface area contributed by atoms with Crippen molar-refractivity contribution in [3.8, 4) is 11.8 Å². The molecule has 5 rings (SSSR count). The second-order valence-corrected chi connectivity index (χ2v) is 9.33. The van der Waals surface area contributed by atoms with Gasteiger partial charge in [0.25, 0.3) is 11.6 Å². The van der Waals surface area contributed by atoms with Crippen LogP contribution < -0.4 is 15.0 Å². The standard InChI is InChI=1S/C25H26N2O3S/c28-24-22(31-20-14-8-3-9-15-20)17-27-16-21(30-25(27)26-24)23(18-10-4-1-5-11-18)29-19-12-6-2-7-13-19/h2-3,6-9,12-15,17-18,21,23H,1,4-5,10-11,16H2. The molecule has 6 heteroatoms. The smallest absolute Gasteiger partial charge is 0.300 e. The molecule has 2 unspecified atom stereocenters. The molecular weight excluding hydrogens is 408 g/mol. The van der Waals surface area contributed by atoms with Crippen LogP contribution in [0.2, 0.25) is 0 Å². The van der Waals surface area contributed by atoms with Gasteiger partial charge in [-0.05, 0) is 43.0 Å². The number of rotatable bonds is 6. The van der Waals surface area contributed by atoms with Crippen LogP contribution in [0.15, 0.2) is 81.4 Å². The number of fused-ring (bicyclic) bond motifs is 1. The normalized spacial score (nSPS) is 19.4. The van der Waals surface area contributed by atoms with E-state index in [4.69, 9.17) is 9.47 Å². The van der Waals surface area contributed by atoms with Crippen LogP contribution in [0, 0.1) is 5.92 Å². The van der Waals surface area contributed by atoms with Gasteiger partial charge >= 0.3 is 0 Å². The second-order valence-electron chi connectivity index (χ2n) is 8.21. The summed E-state index contributed by atoms with van der Waals surface area (Å²) in [5.41, 5.74) is -0.251. The van der Waals surface area contributed by atoms with Crippen LogP contribution in [-0.2, 0) is 6.54 Å². The molecule has 1 fully saturated rings. The third kappa shape index (κ3) is 4.64. The third-order valence-corrected chi connectivity index (χ3v) is 7.04. The maximum absolute atomic E-state index is 12.6. The quantitative estimate of drug-likeness (QED) is 0.535. The molecule has 0 radical (unpaired) electrons. The van der Waals surface area contributed by atoms with E-state index in [0.717, 1.165) is 23.5 Å². The Morgan fingerprint density at radius 3 is 2.45 bits per heavy atom. The van der Waals surface area contributed by atoms with Crippen LogP contribution in [0.5, 0.6) is 11.8 Å². The van der Waals surface area contributed by atoms with E-state index in [0.29, 0.717) is 23.4 Å². The number of benzene rings is 2. The number of hydrogen-bond acceptors (Lipinski definition) is 5. The highest BCUT2D eigenvalue weighted by Gasteiger charge is 2.38. The van der Waals surface area contributed by atoms with Crippen LogP contribution in [0.3, 0.4) is 0 Å². The summed E-state index contributed by atoms with van der Waals surface area (Å²) in [6.07, 6.45) is 7.69. The van der Waals surface area contributed by atoms with E-state index < -0.39 is 0 Å². The third-order valence-electron chi connectivity index (χ3n) is 6.03. The minimum Gasteiger partial charge on any atom is -0.486 e. The van der Waals surface area contributed by atoms with Gasteiger partial charge in [-0.25, -0.2) is 0 Å². The highest BCUT2D eigenvalue weighted by molar-refractivity contribution is 7.99. The molecule has 0 saturated heterocycles. The lowest BCUT2D eigenvalue weighted by molar-refractivity contribution is 0.0116. The van der Waals surface area contributed by atoms with E-state index in [9.17, 15) is 4.79 Å². The van der Waals surface area contributed by atoms with Gasteiger partial charge in [0.05, 0.1) is 11.4 Å². The summed E-state index contributed by atoms with van der Waals surface area (Å²) in [7, 11) is 0. The van der Waals surface area contributed by atoms with Gasteiger partial charge in [0.15, 0.2) is 6.10 Å². The molecule has 160 valence electrons. The summed E-state index contributed by atoms with van der Waals surface area (Å²) in [5, 5.41) is 0. The van der Waals surface area contributed by atoms with Gasteiger partial charge < -0.3 is 9.47 Å². The van der Waals surface area contributed by atoms with Crippen molar-refractivity contribution in [1.82, 2.24) is 9.55 Å². The Morgan fingerprint density at radius 1 is 1.00 bits per heavy atom. The fourth-order valence-corrected chi connectivity index (χ4v) is 5.36. The molecular formula is C25H26N2O3S. The van der Waals surface area contributed by atoms with E-state index >= 15 is 0 Å². The van der Waals surface area contributed by atoms with E-state index in [2.05, 4.69) is 4.98 Å². The fraction of sp³-hybridized carbons (Fsp3) is 0.360. The Balaban J connectivity index is 1.38. The van der Waals surface area contributed by atoms with E-state index in [-0.39, 0.29) is 17.8 Å². The molecule has 1 saturated carbocycles. The monoisotopic (exact) mass is 434 g/mol. The van der Waals surface area contributed by atoms with Crippen molar-refractivity contribution in [3.63, 3.8) is 0 Å². The lowest BCUT2D eigenvalue weighted by Crippen LogP contribution is -2.42. The molecule has 5 nitrogen and oxygen atoms in total. The predicted molar refractivity (Wildman–Crippen MR) is 121 cm³/mol. The number of para-hydroxylation sites is 1. The molecule has 2 aliphatic rings. The Bertz CT molecular complexity index is 1070. The summed E-state index contributed by atoms with van der Waals surface area (Å²) in [6, 6.07) is 20.2. The average Bonchev–Trinajstić information content (AvgIpc) is 3.22. The topological polar surface area (TPSA) is 53.4 Å². The van der Waals surface area contributed by atoms with Crippen LogP contribution >= 0.6 is 11.8 Å². The molecule has 1 aliphatic heterocycles. The SMILES string of the molecule is O=c1nc2n(cc1Sc1ccccc1)CC(C(Oc1ccccc1)C1CCCCC1)O2. The summed E-state index contributed by atoms with van der Waals surface area (Å²) in [5.74, 6) is 1.30.